The van der Waals surface area contributed by atoms with E-state index in [4.69, 9.17) is 4.74 Å². The Balaban J connectivity index is 1.83. The number of nitro benzene ring substituents is 1. The predicted molar refractivity (Wildman–Crippen MR) is 68.8 cm³/mol. The highest BCUT2D eigenvalue weighted by Gasteiger charge is 2.14. The number of rotatable bonds is 5. The first-order chi connectivity index (χ1) is 9.16. The lowest BCUT2D eigenvalue weighted by Crippen LogP contribution is -2.30. The molecule has 1 N–H and O–H groups in total. The number of hydrogen-bond donors (Lipinski definition) is 1. The van der Waals surface area contributed by atoms with Crippen LogP contribution in [-0.2, 0) is 0 Å². The molecule has 0 bridgehead atoms. The van der Waals surface area contributed by atoms with E-state index >= 15 is 0 Å². The van der Waals surface area contributed by atoms with Gasteiger partial charge in [0.2, 0.25) is 0 Å². The molecule has 1 unspecified atom stereocenters. The minimum atomic E-state index is -0.684. The van der Waals surface area contributed by atoms with Crippen LogP contribution in [-0.4, -0.2) is 24.6 Å². The fourth-order valence-electron chi connectivity index (χ4n) is 2.23. The molecule has 0 radical (unpaired) electrons. The van der Waals surface area contributed by atoms with E-state index in [0.29, 0.717) is 12.5 Å². The van der Waals surface area contributed by atoms with Gasteiger partial charge < -0.3 is 10.1 Å². The Morgan fingerprint density at radius 2 is 2.37 bits per heavy atom. The van der Waals surface area contributed by atoms with Gasteiger partial charge >= 0.3 is 0 Å². The minimum Gasteiger partial charge on any atom is -0.490 e. The summed E-state index contributed by atoms with van der Waals surface area (Å²) in [6.45, 7) is 2.47. The standard InChI is InChI=1S/C13H17FN2O3/c14-12-8-11(16(17)18)3-4-13(12)19-7-5-10-2-1-6-15-9-10/h3-4,8,10,15H,1-2,5-7,9H2. The maximum atomic E-state index is 13.5. The van der Waals surface area contributed by atoms with Gasteiger partial charge in [0.15, 0.2) is 11.6 Å². The van der Waals surface area contributed by atoms with Gasteiger partial charge in [-0.25, -0.2) is 4.39 Å². The van der Waals surface area contributed by atoms with Crippen LogP contribution in [0.4, 0.5) is 10.1 Å². The monoisotopic (exact) mass is 268 g/mol. The molecular weight excluding hydrogens is 251 g/mol. The highest BCUT2D eigenvalue weighted by molar-refractivity contribution is 5.37. The van der Waals surface area contributed by atoms with Crippen LogP contribution in [0.25, 0.3) is 0 Å². The molecule has 1 saturated heterocycles. The molecule has 0 aliphatic carbocycles. The van der Waals surface area contributed by atoms with E-state index in [0.717, 1.165) is 32.0 Å². The van der Waals surface area contributed by atoms with Crippen LogP contribution in [0.2, 0.25) is 0 Å². The van der Waals surface area contributed by atoms with Crippen molar-refractivity contribution in [2.24, 2.45) is 5.92 Å². The van der Waals surface area contributed by atoms with Crippen LogP contribution in [0, 0.1) is 21.8 Å². The van der Waals surface area contributed by atoms with Crippen molar-refractivity contribution < 1.29 is 14.1 Å². The van der Waals surface area contributed by atoms with Crippen molar-refractivity contribution in [1.82, 2.24) is 5.32 Å². The summed E-state index contributed by atoms with van der Waals surface area (Å²) in [6.07, 6.45) is 3.19. The van der Waals surface area contributed by atoms with Gasteiger partial charge in [-0.3, -0.25) is 10.1 Å². The lowest BCUT2D eigenvalue weighted by Gasteiger charge is -2.22. The van der Waals surface area contributed by atoms with Gasteiger partial charge in [-0.2, -0.15) is 0 Å². The zero-order chi connectivity index (χ0) is 13.7. The van der Waals surface area contributed by atoms with E-state index in [2.05, 4.69) is 5.32 Å². The lowest BCUT2D eigenvalue weighted by atomic mass is 9.97. The molecule has 104 valence electrons. The van der Waals surface area contributed by atoms with Crippen LogP contribution in [0.1, 0.15) is 19.3 Å². The molecule has 1 atom stereocenters. The molecule has 0 amide bonds. The number of nitro groups is 1. The highest BCUT2D eigenvalue weighted by atomic mass is 19.1. The fraction of sp³-hybridized carbons (Fsp3) is 0.538. The fourth-order valence-corrected chi connectivity index (χ4v) is 2.23. The van der Waals surface area contributed by atoms with E-state index in [1.54, 1.807) is 0 Å². The number of non-ortho nitro benzene ring substituents is 1. The Morgan fingerprint density at radius 1 is 1.53 bits per heavy atom. The summed E-state index contributed by atoms with van der Waals surface area (Å²) in [5.74, 6) is -0.0415. The Hall–Kier alpha value is -1.69. The second-order valence-corrected chi connectivity index (χ2v) is 4.72. The Morgan fingerprint density at radius 3 is 3.00 bits per heavy atom. The summed E-state index contributed by atoms with van der Waals surface area (Å²) in [7, 11) is 0. The van der Waals surface area contributed by atoms with E-state index in [-0.39, 0.29) is 11.4 Å². The number of ether oxygens (including phenoxy) is 1. The van der Waals surface area contributed by atoms with Gasteiger partial charge in [0.25, 0.3) is 5.69 Å². The number of hydrogen-bond acceptors (Lipinski definition) is 4. The lowest BCUT2D eigenvalue weighted by molar-refractivity contribution is -0.385. The Labute approximate surface area is 110 Å². The molecular formula is C13H17FN2O3. The van der Waals surface area contributed by atoms with Crippen molar-refractivity contribution >= 4 is 5.69 Å². The topological polar surface area (TPSA) is 64.4 Å². The molecule has 1 aliphatic rings. The van der Waals surface area contributed by atoms with Crippen molar-refractivity contribution in [1.29, 1.82) is 0 Å². The van der Waals surface area contributed by atoms with Crippen LogP contribution in [0.5, 0.6) is 5.75 Å². The third-order valence-corrected chi connectivity index (χ3v) is 3.31. The zero-order valence-corrected chi connectivity index (χ0v) is 10.6. The smallest absolute Gasteiger partial charge is 0.272 e. The molecule has 1 fully saturated rings. The molecule has 1 heterocycles. The average molecular weight is 268 g/mol. The van der Waals surface area contributed by atoms with Crippen molar-refractivity contribution in [3.05, 3.63) is 34.1 Å². The van der Waals surface area contributed by atoms with Gasteiger partial charge in [0.1, 0.15) is 0 Å². The summed E-state index contributed by atoms with van der Waals surface area (Å²) in [5, 5.41) is 13.8. The van der Waals surface area contributed by atoms with Gasteiger partial charge in [-0.05, 0) is 44.3 Å². The van der Waals surface area contributed by atoms with Crippen molar-refractivity contribution in [3.63, 3.8) is 0 Å². The normalized spacial score (nSPS) is 19.1. The maximum Gasteiger partial charge on any atom is 0.272 e. The van der Waals surface area contributed by atoms with E-state index in [1.807, 2.05) is 0 Å². The van der Waals surface area contributed by atoms with Crippen LogP contribution >= 0.6 is 0 Å². The summed E-state index contributed by atoms with van der Waals surface area (Å²) in [6, 6.07) is 3.45. The van der Waals surface area contributed by atoms with E-state index in [9.17, 15) is 14.5 Å². The third kappa shape index (κ3) is 3.89. The summed E-state index contributed by atoms with van der Waals surface area (Å²) >= 11 is 0. The first-order valence-corrected chi connectivity index (χ1v) is 6.44. The SMILES string of the molecule is O=[N+]([O-])c1ccc(OCCC2CCCNC2)c(F)c1. The minimum absolute atomic E-state index is 0.0781. The molecule has 2 rings (SSSR count). The van der Waals surface area contributed by atoms with Crippen LogP contribution in [0.15, 0.2) is 18.2 Å². The van der Waals surface area contributed by atoms with Gasteiger partial charge in [0.05, 0.1) is 17.6 Å². The van der Waals surface area contributed by atoms with Gasteiger partial charge in [-0.1, -0.05) is 0 Å². The second kappa shape index (κ2) is 6.47. The quantitative estimate of drug-likeness (QED) is 0.658. The predicted octanol–water partition coefficient (Wildman–Crippen LogP) is 2.50. The number of nitrogens with zero attached hydrogens (tertiary/aromatic N) is 1. The third-order valence-electron chi connectivity index (χ3n) is 3.31. The summed E-state index contributed by atoms with van der Waals surface area (Å²) in [4.78, 5) is 9.85. The Bertz CT molecular complexity index is 448. The first-order valence-electron chi connectivity index (χ1n) is 6.44. The molecule has 0 saturated carbocycles. The highest BCUT2D eigenvalue weighted by Crippen LogP contribution is 2.23. The Kier molecular flexibility index (Phi) is 4.68. The molecule has 0 spiro atoms. The van der Waals surface area contributed by atoms with E-state index < -0.39 is 10.7 Å². The van der Waals surface area contributed by atoms with E-state index in [1.165, 1.54) is 18.6 Å². The second-order valence-electron chi connectivity index (χ2n) is 4.72. The van der Waals surface area contributed by atoms with Crippen molar-refractivity contribution in [2.45, 2.75) is 19.3 Å². The number of piperidine rings is 1. The molecule has 6 heteroatoms. The number of halogens is 1. The molecule has 0 aromatic heterocycles. The molecule has 1 aliphatic heterocycles. The van der Waals surface area contributed by atoms with Crippen molar-refractivity contribution in [2.75, 3.05) is 19.7 Å². The van der Waals surface area contributed by atoms with Crippen LogP contribution in [0.3, 0.4) is 0 Å². The summed E-state index contributed by atoms with van der Waals surface area (Å²) in [5.41, 5.74) is -0.263. The zero-order valence-electron chi connectivity index (χ0n) is 10.6. The summed E-state index contributed by atoms with van der Waals surface area (Å²) < 4.78 is 18.9. The number of benzene rings is 1. The first kappa shape index (κ1) is 13.7. The molecule has 5 nitrogen and oxygen atoms in total. The largest absolute Gasteiger partial charge is 0.490 e. The average Bonchev–Trinajstić information content (AvgIpc) is 2.41. The van der Waals surface area contributed by atoms with Crippen molar-refractivity contribution in [3.8, 4) is 5.75 Å². The molecule has 1 aromatic carbocycles. The molecule has 19 heavy (non-hydrogen) atoms. The number of nitrogens with one attached hydrogen (secondary N) is 1. The van der Waals surface area contributed by atoms with Crippen LogP contribution < -0.4 is 10.1 Å². The molecule has 1 aromatic rings. The maximum absolute atomic E-state index is 13.5. The van der Waals surface area contributed by atoms with Gasteiger partial charge in [-0.15, -0.1) is 0 Å². The van der Waals surface area contributed by atoms with Gasteiger partial charge in [0, 0.05) is 6.07 Å².